The maximum atomic E-state index is 13.1. The SMILES string of the molecule is CCCCCCCCCCCCCCCCCCCCCCCCCCCCC(=O)N[C@@H](COP(=O)(O)OC1C(O)C(O)C(O)[C@@H](O)C1O)[C@H](O)CCCCCCCCCCCCCCCCCCC. The van der Waals surface area contributed by atoms with Crippen LogP contribution in [0.25, 0.3) is 0 Å². The number of unbranched alkanes of at least 4 members (excludes halogenated alkanes) is 41. The minimum absolute atomic E-state index is 0.244. The average Bonchev–Trinajstić information content (AvgIpc) is 3.34. The summed E-state index contributed by atoms with van der Waals surface area (Å²) in [6, 6.07) is -1.03. The zero-order chi connectivity index (χ0) is 51.3. The zero-order valence-corrected chi connectivity index (χ0v) is 46.3. The number of hydrogen-bond donors (Lipinski definition) is 8. The van der Waals surface area contributed by atoms with E-state index in [-0.39, 0.29) is 12.3 Å². The van der Waals surface area contributed by atoms with Crippen molar-refractivity contribution in [3.8, 4) is 0 Å². The van der Waals surface area contributed by atoms with E-state index in [4.69, 9.17) is 9.05 Å². The molecule has 0 saturated heterocycles. The second-order valence-electron chi connectivity index (χ2n) is 21.6. The third-order valence-electron chi connectivity index (χ3n) is 14.9. The molecule has 0 bridgehead atoms. The lowest BCUT2D eigenvalue weighted by Gasteiger charge is -2.41. The first-order valence-electron chi connectivity index (χ1n) is 30.0. The molecule has 0 spiro atoms. The van der Waals surface area contributed by atoms with Crippen molar-refractivity contribution in [2.24, 2.45) is 0 Å². The van der Waals surface area contributed by atoms with Gasteiger partial charge in [-0.2, -0.15) is 0 Å². The van der Waals surface area contributed by atoms with E-state index in [1.165, 1.54) is 225 Å². The van der Waals surface area contributed by atoms with Crippen molar-refractivity contribution in [2.75, 3.05) is 6.61 Å². The maximum absolute atomic E-state index is 13.1. The number of phosphoric ester groups is 1. The number of phosphoric acid groups is 1. The van der Waals surface area contributed by atoms with Crippen LogP contribution in [0.4, 0.5) is 0 Å². The molecular weight excluding hydrogens is 906 g/mol. The fraction of sp³-hybridized carbons (Fsp3) is 0.982. The molecule has 0 aromatic rings. The average molecular weight is 1020 g/mol. The van der Waals surface area contributed by atoms with Gasteiger partial charge in [-0.25, -0.2) is 4.57 Å². The molecule has 418 valence electrons. The Morgan fingerprint density at radius 1 is 0.429 bits per heavy atom. The summed E-state index contributed by atoms with van der Waals surface area (Å²) in [5.41, 5.74) is 0. The Kier molecular flexibility index (Phi) is 45.1. The highest BCUT2D eigenvalue weighted by atomic mass is 31.2. The molecule has 0 aromatic carbocycles. The first-order valence-corrected chi connectivity index (χ1v) is 31.5. The molecule has 9 atom stereocenters. The molecule has 0 aliphatic heterocycles. The smallest absolute Gasteiger partial charge is 0.391 e. The Labute approximate surface area is 429 Å². The van der Waals surface area contributed by atoms with E-state index >= 15 is 0 Å². The fourth-order valence-corrected chi connectivity index (χ4v) is 11.1. The van der Waals surface area contributed by atoms with E-state index in [2.05, 4.69) is 19.2 Å². The number of rotatable bonds is 52. The first kappa shape index (κ1) is 67.4. The molecule has 0 radical (unpaired) electrons. The van der Waals surface area contributed by atoms with Crippen LogP contribution in [-0.2, 0) is 18.4 Å². The van der Waals surface area contributed by atoms with E-state index in [0.717, 1.165) is 38.5 Å². The van der Waals surface area contributed by atoms with Gasteiger partial charge >= 0.3 is 7.82 Å². The highest BCUT2D eigenvalue weighted by molar-refractivity contribution is 7.47. The van der Waals surface area contributed by atoms with Gasteiger partial charge in [0.15, 0.2) is 0 Å². The molecule has 1 aliphatic carbocycles. The summed E-state index contributed by atoms with van der Waals surface area (Å²) >= 11 is 0. The quantitative estimate of drug-likeness (QED) is 0.0212. The number of nitrogens with one attached hydrogen (secondary N) is 1. The van der Waals surface area contributed by atoms with Crippen molar-refractivity contribution in [3.63, 3.8) is 0 Å². The van der Waals surface area contributed by atoms with E-state index in [1.54, 1.807) is 0 Å². The lowest BCUT2D eigenvalue weighted by Crippen LogP contribution is -2.64. The van der Waals surface area contributed by atoms with E-state index in [0.29, 0.717) is 19.3 Å². The Morgan fingerprint density at radius 3 is 0.986 bits per heavy atom. The molecule has 0 heterocycles. The molecule has 1 saturated carbocycles. The fourth-order valence-electron chi connectivity index (χ4n) is 10.1. The van der Waals surface area contributed by atoms with Gasteiger partial charge in [0.05, 0.1) is 18.8 Å². The predicted molar refractivity (Wildman–Crippen MR) is 288 cm³/mol. The number of hydrogen-bond acceptors (Lipinski definition) is 10. The summed E-state index contributed by atoms with van der Waals surface area (Å²) < 4.78 is 23.1. The largest absolute Gasteiger partial charge is 0.472 e. The maximum Gasteiger partial charge on any atom is 0.472 e. The van der Waals surface area contributed by atoms with Crippen molar-refractivity contribution in [2.45, 2.75) is 352 Å². The second-order valence-corrected chi connectivity index (χ2v) is 23.0. The monoisotopic (exact) mass is 1020 g/mol. The second kappa shape index (κ2) is 46.8. The highest BCUT2D eigenvalue weighted by Gasteiger charge is 2.51. The Bertz CT molecular complexity index is 1190. The van der Waals surface area contributed by atoms with E-state index < -0.39 is 63.2 Å². The van der Waals surface area contributed by atoms with Gasteiger partial charge < -0.3 is 40.8 Å². The van der Waals surface area contributed by atoms with Crippen LogP contribution >= 0.6 is 7.82 Å². The molecular formula is C57H114NO11P. The van der Waals surface area contributed by atoms with Crippen molar-refractivity contribution < 1.29 is 53.9 Å². The van der Waals surface area contributed by atoms with Crippen LogP contribution in [0.5, 0.6) is 0 Å². The van der Waals surface area contributed by atoms with Crippen LogP contribution in [0.1, 0.15) is 303 Å². The summed E-state index contributed by atoms with van der Waals surface area (Å²) in [4.78, 5) is 23.6. The minimum Gasteiger partial charge on any atom is -0.391 e. The van der Waals surface area contributed by atoms with Gasteiger partial charge in [0.2, 0.25) is 5.91 Å². The molecule has 1 rings (SSSR count). The lowest BCUT2D eigenvalue weighted by atomic mass is 9.85. The van der Waals surface area contributed by atoms with Crippen LogP contribution in [0.2, 0.25) is 0 Å². The Balaban J connectivity index is 2.28. The van der Waals surface area contributed by atoms with Crippen molar-refractivity contribution in [1.29, 1.82) is 0 Å². The van der Waals surface area contributed by atoms with Gasteiger partial charge in [-0.05, 0) is 12.8 Å². The number of carbonyl (C=O) groups excluding carboxylic acids is 1. The summed E-state index contributed by atoms with van der Waals surface area (Å²) in [5.74, 6) is -0.300. The number of aliphatic hydroxyl groups excluding tert-OH is 6. The van der Waals surface area contributed by atoms with Gasteiger partial charge in [-0.3, -0.25) is 13.8 Å². The zero-order valence-electron chi connectivity index (χ0n) is 45.4. The van der Waals surface area contributed by atoms with Gasteiger partial charge in [0.25, 0.3) is 0 Å². The number of carbonyl (C=O) groups is 1. The molecule has 1 aliphatic rings. The predicted octanol–water partition coefficient (Wildman–Crippen LogP) is 13.7. The summed E-state index contributed by atoms with van der Waals surface area (Å²) in [7, 11) is -5.06. The molecule has 1 fully saturated rings. The lowest BCUT2D eigenvalue weighted by molar-refractivity contribution is -0.220. The van der Waals surface area contributed by atoms with Crippen molar-refractivity contribution in [3.05, 3.63) is 0 Å². The van der Waals surface area contributed by atoms with Crippen LogP contribution in [0.3, 0.4) is 0 Å². The first-order chi connectivity index (χ1) is 33.9. The number of aliphatic hydroxyl groups is 6. The third-order valence-corrected chi connectivity index (χ3v) is 15.9. The van der Waals surface area contributed by atoms with Gasteiger partial charge in [0, 0.05) is 6.42 Å². The molecule has 13 heteroatoms. The van der Waals surface area contributed by atoms with Crippen LogP contribution in [0, 0.1) is 0 Å². The molecule has 70 heavy (non-hydrogen) atoms. The Hall–Kier alpha value is -0.660. The minimum atomic E-state index is -5.06. The van der Waals surface area contributed by atoms with Crippen LogP contribution < -0.4 is 5.32 Å². The van der Waals surface area contributed by atoms with Crippen LogP contribution in [0.15, 0.2) is 0 Å². The highest BCUT2D eigenvalue weighted by Crippen LogP contribution is 2.47. The summed E-state index contributed by atoms with van der Waals surface area (Å²) in [6.07, 6.45) is 42.9. The molecule has 12 nitrogen and oxygen atoms in total. The number of amides is 1. The summed E-state index contributed by atoms with van der Waals surface area (Å²) in [6.45, 7) is 3.95. The molecule has 1 amide bonds. The summed E-state index contributed by atoms with van der Waals surface area (Å²) in [5, 5.41) is 64.5. The van der Waals surface area contributed by atoms with Gasteiger partial charge in [-0.15, -0.1) is 0 Å². The van der Waals surface area contributed by atoms with Gasteiger partial charge in [-0.1, -0.05) is 284 Å². The van der Waals surface area contributed by atoms with Crippen LogP contribution in [-0.4, -0.2) is 96.8 Å². The topological polar surface area (TPSA) is 206 Å². The van der Waals surface area contributed by atoms with E-state index in [1.807, 2.05) is 0 Å². The van der Waals surface area contributed by atoms with Gasteiger partial charge in [0.1, 0.15) is 36.6 Å². The van der Waals surface area contributed by atoms with E-state index in [9.17, 15) is 44.9 Å². The molecule has 6 unspecified atom stereocenters. The third kappa shape index (κ3) is 37.1. The van der Waals surface area contributed by atoms with Crippen molar-refractivity contribution >= 4 is 13.7 Å². The normalized spacial score (nSPS) is 21.2. The Morgan fingerprint density at radius 2 is 0.686 bits per heavy atom. The molecule has 8 N–H and O–H groups in total. The van der Waals surface area contributed by atoms with Crippen molar-refractivity contribution in [1.82, 2.24) is 5.32 Å². The molecule has 0 aromatic heterocycles. The standard InChI is InChI=1S/C57H114NO11P/c1-3-5-7-9-11-13-15-17-19-21-22-23-24-25-26-27-28-29-31-33-35-37-39-41-43-45-47-51(60)58-49(48-68-70(66,67)69-57-55(64)53(62)52(61)54(63)56(57)65)50(59)46-44-42-40-38-36-34-32-30-20-18-16-14-12-10-8-6-4-2/h49-50,52-57,59,61-65H,3-48H2,1-2H3,(H,58,60)(H,66,67)/t49-,50+,52?,53+,54?,55?,56?,57?/m0/s1.